The fraction of sp³-hybridized carbons (Fsp3) is 0.531. The lowest BCUT2D eigenvalue weighted by molar-refractivity contribution is -0.165. The van der Waals surface area contributed by atoms with E-state index in [1.807, 2.05) is 37.3 Å². The second kappa shape index (κ2) is 12.2. The molecule has 240 valence electrons. The molecule has 1 aromatic carbocycles. The molecule has 3 aliphatic heterocycles. The Morgan fingerprint density at radius 1 is 0.933 bits per heavy atom. The number of amides is 3. The van der Waals surface area contributed by atoms with Gasteiger partial charge in [0.15, 0.2) is 6.10 Å². The first kappa shape index (κ1) is 31.2. The number of rotatable bonds is 1. The van der Waals surface area contributed by atoms with Crippen LogP contribution >= 0.6 is 0 Å². The highest BCUT2D eigenvalue weighted by molar-refractivity contribution is 7.91. The summed E-state index contributed by atoms with van der Waals surface area (Å²) in [7, 11) is -3.31. The van der Waals surface area contributed by atoms with Gasteiger partial charge in [0.1, 0.15) is 21.9 Å². The Morgan fingerprint density at radius 3 is 2.38 bits per heavy atom. The van der Waals surface area contributed by atoms with Crippen LogP contribution in [0.2, 0.25) is 0 Å². The van der Waals surface area contributed by atoms with Gasteiger partial charge in [0, 0.05) is 17.8 Å². The van der Waals surface area contributed by atoms with E-state index >= 15 is 0 Å². The number of nitrogens with zero attached hydrogens (tertiary/aromatic N) is 2. The Labute approximate surface area is 262 Å². The van der Waals surface area contributed by atoms with Gasteiger partial charge < -0.3 is 15.4 Å². The van der Waals surface area contributed by atoms with E-state index in [0.29, 0.717) is 43.4 Å². The summed E-state index contributed by atoms with van der Waals surface area (Å²) in [5, 5.41) is 7.97. The monoisotopic (exact) mass is 637 g/mol. The van der Waals surface area contributed by atoms with Gasteiger partial charge in [-0.15, -0.1) is 0 Å². The van der Waals surface area contributed by atoms with E-state index in [4.69, 9.17) is 9.72 Å². The van der Waals surface area contributed by atoms with Crippen LogP contribution in [0.25, 0.3) is 17.0 Å². The number of pyridine rings is 1. The molecule has 6 rings (SSSR count). The predicted molar refractivity (Wildman–Crippen MR) is 166 cm³/mol. The van der Waals surface area contributed by atoms with Crippen molar-refractivity contribution in [2.24, 2.45) is 11.3 Å². The molecule has 45 heavy (non-hydrogen) atoms. The molecule has 0 radical (unpaired) electrons. The maximum atomic E-state index is 13.9. The third-order valence-corrected chi connectivity index (χ3v) is 11.0. The first-order chi connectivity index (χ1) is 21.4. The number of carbonyl (C=O) groups excluding carboxylic acids is 4. The second-order valence-corrected chi connectivity index (χ2v) is 15.1. The summed E-state index contributed by atoms with van der Waals surface area (Å²) >= 11 is 0. The van der Waals surface area contributed by atoms with Crippen molar-refractivity contribution >= 4 is 50.5 Å². The minimum absolute atomic E-state index is 0.0353. The quantitative estimate of drug-likeness (QED) is 0.397. The number of carbonyl (C=O) groups is 4. The summed E-state index contributed by atoms with van der Waals surface area (Å²) in [5.41, 5.74) is 3.88. The topological polar surface area (TPSA) is 164 Å². The van der Waals surface area contributed by atoms with E-state index in [0.717, 1.165) is 10.9 Å². The Morgan fingerprint density at radius 2 is 1.64 bits per heavy atom. The molecule has 13 heteroatoms. The van der Waals surface area contributed by atoms with E-state index in [2.05, 4.69) is 16.1 Å². The molecular formula is C32H39N5O7S. The predicted octanol–water partition coefficient (Wildman–Crippen LogP) is 1.96. The number of esters is 1. The molecule has 4 heterocycles. The molecular weight excluding hydrogens is 598 g/mol. The van der Waals surface area contributed by atoms with Gasteiger partial charge in [0.25, 0.3) is 11.8 Å². The summed E-state index contributed by atoms with van der Waals surface area (Å²) in [6, 6.07) is 7.45. The Kier molecular flexibility index (Phi) is 8.42. The van der Waals surface area contributed by atoms with Crippen LogP contribution in [0.4, 0.5) is 0 Å². The zero-order valence-corrected chi connectivity index (χ0v) is 26.3. The summed E-state index contributed by atoms with van der Waals surface area (Å²) in [6.45, 7) is 3.77. The van der Waals surface area contributed by atoms with E-state index in [1.54, 1.807) is 19.1 Å². The van der Waals surface area contributed by atoms with Gasteiger partial charge in [0.2, 0.25) is 5.91 Å². The maximum Gasteiger partial charge on any atom is 0.316 e. The third kappa shape index (κ3) is 6.74. The van der Waals surface area contributed by atoms with Crippen molar-refractivity contribution in [2.45, 2.75) is 76.6 Å². The van der Waals surface area contributed by atoms with Crippen LogP contribution in [0, 0.1) is 11.3 Å². The van der Waals surface area contributed by atoms with Crippen LogP contribution < -0.4 is 16.1 Å². The number of sulfone groups is 1. The number of nitrogens with one attached hydrogen (secondary N) is 3. The average molecular weight is 638 g/mol. The highest BCUT2D eigenvalue weighted by Gasteiger charge is 2.47. The number of benzene rings is 1. The van der Waals surface area contributed by atoms with Gasteiger partial charge in [-0.25, -0.2) is 13.8 Å². The number of aromatic nitrogens is 1. The lowest BCUT2D eigenvalue weighted by Crippen LogP contribution is -2.61. The van der Waals surface area contributed by atoms with Crippen molar-refractivity contribution in [3.8, 4) is 0 Å². The molecule has 12 nitrogen and oxygen atoms in total. The average Bonchev–Trinajstić information content (AvgIpc) is 3.87. The first-order valence-corrected chi connectivity index (χ1v) is 17.4. The molecule has 2 aromatic rings. The number of cyclic esters (lactones) is 1. The van der Waals surface area contributed by atoms with Crippen molar-refractivity contribution in [1.29, 1.82) is 0 Å². The van der Waals surface area contributed by atoms with Gasteiger partial charge in [-0.1, -0.05) is 30.4 Å². The fourth-order valence-corrected chi connectivity index (χ4v) is 7.76. The molecule has 3 N–H and O–H groups in total. The summed E-state index contributed by atoms with van der Waals surface area (Å²) in [5.74, 6) is -2.43. The third-order valence-electron chi connectivity index (χ3n) is 9.30. The molecule has 2 saturated heterocycles. The maximum absolute atomic E-state index is 13.9. The van der Waals surface area contributed by atoms with Gasteiger partial charge in [-0.3, -0.25) is 29.2 Å². The molecule has 5 bridgehead atoms. The molecule has 4 aliphatic rings. The Bertz CT molecular complexity index is 1660. The zero-order valence-electron chi connectivity index (χ0n) is 25.5. The van der Waals surface area contributed by atoms with Crippen molar-refractivity contribution in [3.05, 3.63) is 47.7 Å². The summed E-state index contributed by atoms with van der Waals surface area (Å²) in [6.07, 6.45) is 4.95. The summed E-state index contributed by atoms with van der Waals surface area (Å²) in [4.78, 5) is 58.7. The number of ether oxygens (including phenoxy) is 1. The molecule has 1 aliphatic carbocycles. The standard InChI is InChI=1S/C32H39N5O7S/c1-19-24-10-9-22-6-5-21(18-26(22)35-24)11-12-32(13-16-45(42,43)17-14-32)31(41)44-27(23-7-8-23)29(39)34-20(2)30(40)37-15-3-4-25(36-37)28(38)33-19/h5-6,9-12,18-20,23,25,27,36H,3-4,7-8,13-17H2,1-2H3,(H,33,38)(H,34,39)/b12-11+/t19-,20+,25+,27+/m1/s1. The van der Waals surface area contributed by atoms with E-state index in [-0.39, 0.29) is 36.2 Å². The highest BCUT2D eigenvalue weighted by atomic mass is 32.2. The lowest BCUT2D eigenvalue weighted by Gasteiger charge is -2.35. The van der Waals surface area contributed by atoms with Crippen LogP contribution in [0.3, 0.4) is 0 Å². The molecule has 3 amide bonds. The first-order valence-electron chi connectivity index (χ1n) is 15.6. The normalized spacial score (nSPS) is 30.0. The number of hydrogen-bond donors (Lipinski definition) is 3. The number of hydrogen-bond acceptors (Lipinski definition) is 9. The van der Waals surface area contributed by atoms with Gasteiger partial charge in [-0.2, -0.15) is 0 Å². The minimum Gasteiger partial charge on any atom is -0.451 e. The molecule has 1 spiro atoms. The van der Waals surface area contributed by atoms with Crippen LogP contribution in [0.15, 0.2) is 36.4 Å². The second-order valence-electron chi connectivity index (χ2n) is 12.8. The van der Waals surface area contributed by atoms with Crippen molar-refractivity contribution < 1.29 is 32.3 Å². The van der Waals surface area contributed by atoms with Gasteiger partial charge in [0.05, 0.1) is 34.2 Å². The van der Waals surface area contributed by atoms with Crippen molar-refractivity contribution in [3.63, 3.8) is 0 Å². The Balaban J connectivity index is 1.37. The lowest BCUT2D eigenvalue weighted by atomic mass is 9.81. The molecule has 1 saturated carbocycles. The smallest absolute Gasteiger partial charge is 0.316 e. The van der Waals surface area contributed by atoms with Gasteiger partial charge >= 0.3 is 5.97 Å². The molecule has 4 atom stereocenters. The van der Waals surface area contributed by atoms with Gasteiger partial charge in [-0.05, 0) is 70.1 Å². The van der Waals surface area contributed by atoms with Crippen LogP contribution in [0.5, 0.6) is 0 Å². The molecule has 1 aromatic heterocycles. The van der Waals surface area contributed by atoms with Crippen LogP contribution in [0.1, 0.15) is 69.7 Å². The number of hydrazine groups is 1. The highest BCUT2D eigenvalue weighted by Crippen LogP contribution is 2.40. The van der Waals surface area contributed by atoms with E-state index in [9.17, 15) is 27.6 Å². The van der Waals surface area contributed by atoms with Crippen LogP contribution in [-0.4, -0.2) is 78.3 Å². The fourth-order valence-electron chi connectivity index (χ4n) is 6.20. The summed E-state index contributed by atoms with van der Waals surface area (Å²) < 4.78 is 30.6. The SMILES string of the molecule is C[C@@H]1NC(=O)[C@H](C2CC2)OC(=O)C2(/C=C/c3ccc4ccc(nc4c3)[C@@H](C)NC(=O)[C@@H]3CCCN(N3)C1=O)CCS(=O)(=O)CC2. The Hall–Kier alpha value is -3.84. The van der Waals surface area contributed by atoms with Crippen molar-refractivity contribution in [1.82, 2.24) is 26.1 Å². The molecule has 3 fully saturated rings. The molecule has 0 unspecified atom stereocenters. The number of fused-ring (bicyclic) bond motifs is 4. The van der Waals surface area contributed by atoms with Crippen LogP contribution in [-0.2, 0) is 33.8 Å². The minimum atomic E-state index is -3.31. The largest absolute Gasteiger partial charge is 0.451 e. The zero-order chi connectivity index (χ0) is 31.9. The van der Waals surface area contributed by atoms with E-state index < -0.39 is 57.3 Å². The van der Waals surface area contributed by atoms with E-state index in [1.165, 1.54) is 5.01 Å². The van der Waals surface area contributed by atoms with Crippen molar-refractivity contribution in [2.75, 3.05) is 18.1 Å².